The number of hydrogen-bond donors (Lipinski definition) is 0. The van der Waals surface area contributed by atoms with Gasteiger partial charge in [0.2, 0.25) is 0 Å². The number of piperidine rings is 1. The molecule has 4 unspecified atom stereocenters. The summed E-state index contributed by atoms with van der Waals surface area (Å²) in [7, 11) is 2.15. The van der Waals surface area contributed by atoms with Gasteiger partial charge in [0.15, 0.2) is 0 Å². The zero-order chi connectivity index (χ0) is 9.87. The average molecular weight is 197 g/mol. The zero-order valence-electron chi connectivity index (χ0n) is 8.47. The molecule has 0 aromatic rings. The first-order valence-electron chi connectivity index (χ1n) is 5.21. The summed E-state index contributed by atoms with van der Waals surface area (Å²) >= 11 is 0. The first kappa shape index (κ1) is 8.68. The van der Waals surface area contributed by atoms with Gasteiger partial charge in [-0.3, -0.25) is 9.69 Å². The molecule has 3 aliphatic heterocycles. The highest BCUT2D eigenvalue weighted by Gasteiger charge is 2.62. The molecule has 4 nitrogen and oxygen atoms in total. The highest BCUT2D eigenvalue weighted by Crippen LogP contribution is 2.47. The van der Waals surface area contributed by atoms with Crippen LogP contribution >= 0.6 is 0 Å². The van der Waals surface area contributed by atoms with Crippen LogP contribution in [0.15, 0.2) is 0 Å². The number of fused-ring (bicyclic) bond motifs is 5. The van der Waals surface area contributed by atoms with E-state index in [0.717, 1.165) is 12.8 Å². The van der Waals surface area contributed by atoms with E-state index in [0.29, 0.717) is 24.3 Å². The molecule has 0 radical (unpaired) electrons. The van der Waals surface area contributed by atoms with Gasteiger partial charge in [-0.05, 0) is 7.05 Å². The Morgan fingerprint density at radius 1 is 1.36 bits per heavy atom. The molecule has 0 amide bonds. The van der Waals surface area contributed by atoms with Gasteiger partial charge in [0.05, 0.1) is 0 Å². The van der Waals surface area contributed by atoms with Crippen LogP contribution in [-0.4, -0.2) is 48.3 Å². The van der Waals surface area contributed by atoms with Crippen LogP contribution in [-0.2, 0) is 14.3 Å². The second-order valence-electron chi connectivity index (χ2n) is 4.57. The maximum atomic E-state index is 10.9. The standard InChI is InChI=1S/C10H15NO3/c1-5(12)13-6-3-7-9-10(14-9)8(4-6)11(7)2/h6-10H,3-4H2,1-2H3. The number of morpholine rings is 1. The van der Waals surface area contributed by atoms with Crippen molar-refractivity contribution in [1.29, 1.82) is 0 Å². The molecule has 3 saturated heterocycles. The van der Waals surface area contributed by atoms with E-state index in [1.54, 1.807) is 0 Å². The van der Waals surface area contributed by atoms with Crippen molar-refractivity contribution in [3.8, 4) is 0 Å². The van der Waals surface area contributed by atoms with Crippen molar-refractivity contribution >= 4 is 5.97 Å². The van der Waals surface area contributed by atoms with Crippen molar-refractivity contribution in [2.45, 2.75) is 50.2 Å². The lowest BCUT2D eigenvalue weighted by Crippen LogP contribution is -2.47. The minimum atomic E-state index is -0.159. The fourth-order valence-electron chi connectivity index (χ4n) is 3.03. The highest BCUT2D eigenvalue weighted by atomic mass is 16.6. The summed E-state index contributed by atoms with van der Waals surface area (Å²) in [5.41, 5.74) is 0. The summed E-state index contributed by atoms with van der Waals surface area (Å²) in [5, 5.41) is 0. The Bertz CT molecular complexity index is 263. The molecule has 0 aromatic heterocycles. The van der Waals surface area contributed by atoms with Gasteiger partial charge in [0.25, 0.3) is 0 Å². The Kier molecular flexibility index (Phi) is 1.67. The fraction of sp³-hybridized carbons (Fsp3) is 0.900. The predicted octanol–water partition coefficient (Wildman–Crippen LogP) is 0.162. The smallest absolute Gasteiger partial charge is 0.302 e. The normalized spacial score (nSPS) is 50.0. The van der Waals surface area contributed by atoms with E-state index in [4.69, 9.17) is 9.47 Å². The number of nitrogens with zero attached hydrogens (tertiary/aromatic N) is 1. The van der Waals surface area contributed by atoms with Gasteiger partial charge in [-0.25, -0.2) is 0 Å². The molecule has 3 heterocycles. The molecular weight excluding hydrogens is 182 g/mol. The molecular formula is C10H15NO3. The summed E-state index contributed by atoms with van der Waals surface area (Å²) in [6.07, 6.45) is 2.84. The Morgan fingerprint density at radius 3 is 2.43 bits per heavy atom. The van der Waals surface area contributed by atoms with Gasteiger partial charge >= 0.3 is 5.97 Å². The lowest BCUT2D eigenvalue weighted by molar-refractivity contribution is -0.150. The third kappa shape index (κ3) is 1.10. The number of likely N-dealkylation sites (N-methyl/N-ethyl adjacent to an activating group) is 1. The topological polar surface area (TPSA) is 42.1 Å². The summed E-state index contributed by atoms with van der Waals surface area (Å²) < 4.78 is 10.8. The van der Waals surface area contributed by atoms with Crippen molar-refractivity contribution < 1.29 is 14.3 Å². The van der Waals surface area contributed by atoms with Crippen molar-refractivity contribution in [3.63, 3.8) is 0 Å². The number of esters is 1. The summed E-state index contributed by atoms with van der Waals surface area (Å²) in [6, 6.07) is 0.950. The third-order valence-corrected chi connectivity index (χ3v) is 3.71. The van der Waals surface area contributed by atoms with E-state index in [1.807, 2.05) is 0 Å². The van der Waals surface area contributed by atoms with Crippen LogP contribution < -0.4 is 0 Å². The number of hydrogen-bond acceptors (Lipinski definition) is 4. The van der Waals surface area contributed by atoms with Gasteiger partial charge in [-0.15, -0.1) is 0 Å². The minimum Gasteiger partial charge on any atom is -0.462 e. The van der Waals surface area contributed by atoms with Crippen molar-refractivity contribution in [3.05, 3.63) is 0 Å². The Morgan fingerprint density at radius 2 is 1.93 bits per heavy atom. The summed E-state index contributed by atoms with van der Waals surface area (Å²) in [5.74, 6) is -0.159. The van der Waals surface area contributed by atoms with Gasteiger partial charge in [-0.1, -0.05) is 0 Å². The van der Waals surface area contributed by atoms with Crippen LogP contribution in [0.4, 0.5) is 0 Å². The maximum absolute atomic E-state index is 10.9. The molecule has 3 fully saturated rings. The largest absolute Gasteiger partial charge is 0.462 e. The van der Waals surface area contributed by atoms with Gasteiger partial charge < -0.3 is 9.47 Å². The monoisotopic (exact) mass is 197 g/mol. The number of carbonyl (C=O) groups is 1. The zero-order valence-corrected chi connectivity index (χ0v) is 8.47. The van der Waals surface area contributed by atoms with Gasteiger partial charge in [-0.2, -0.15) is 0 Å². The lowest BCUT2D eigenvalue weighted by atomic mass is 9.99. The van der Waals surface area contributed by atoms with E-state index < -0.39 is 0 Å². The number of epoxide rings is 1. The fourth-order valence-corrected chi connectivity index (χ4v) is 3.03. The van der Waals surface area contributed by atoms with E-state index in [9.17, 15) is 4.79 Å². The van der Waals surface area contributed by atoms with Crippen molar-refractivity contribution in [2.24, 2.45) is 0 Å². The van der Waals surface area contributed by atoms with Crippen LogP contribution in [0.2, 0.25) is 0 Å². The van der Waals surface area contributed by atoms with Crippen LogP contribution in [0.25, 0.3) is 0 Å². The van der Waals surface area contributed by atoms with E-state index in [2.05, 4.69) is 11.9 Å². The molecule has 0 saturated carbocycles. The van der Waals surface area contributed by atoms with Crippen molar-refractivity contribution in [1.82, 2.24) is 4.90 Å². The summed E-state index contributed by atoms with van der Waals surface area (Å²) in [6.45, 7) is 1.48. The molecule has 0 aliphatic carbocycles. The highest BCUT2D eigenvalue weighted by molar-refractivity contribution is 5.66. The molecule has 0 N–H and O–H groups in total. The first-order valence-corrected chi connectivity index (χ1v) is 5.21. The number of rotatable bonds is 1. The molecule has 2 bridgehead atoms. The Balaban J connectivity index is 1.71. The SMILES string of the molecule is CC(=O)OC1CC2C3OC3C(C1)N2C. The molecule has 4 heteroatoms. The Labute approximate surface area is 83.2 Å². The maximum Gasteiger partial charge on any atom is 0.302 e. The summed E-state index contributed by atoms with van der Waals surface area (Å²) in [4.78, 5) is 13.2. The van der Waals surface area contributed by atoms with Crippen LogP contribution in [0.1, 0.15) is 19.8 Å². The second kappa shape index (κ2) is 2.70. The van der Waals surface area contributed by atoms with E-state index in [1.165, 1.54) is 6.92 Å². The van der Waals surface area contributed by atoms with Crippen LogP contribution in [0, 0.1) is 0 Å². The molecule has 78 valence electrons. The first-order chi connectivity index (χ1) is 6.66. The van der Waals surface area contributed by atoms with Crippen molar-refractivity contribution in [2.75, 3.05) is 7.05 Å². The third-order valence-electron chi connectivity index (χ3n) is 3.71. The molecule has 3 rings (SSSR count). The molecule has 0 spiro atoms. The molecule has 14 heavy (non-hydrogen) atoms. The number of ether oxygens (including phenoxy) is 2. The molecule has 4 atom stereocenters. The minimum absolute atomic E-state index is 0.120. The second-order valence-corrected chi connectivity index (χ2v) is 4.57. The number of carbonyl (C=O) groups excluding carboxylic acids is 1. The van der Waals surface area contributed by atoms with E-state index >= 15 is 0 Å². The van der Waals surface area contributed by atoms with Gasteiger partial charge in [0, 0.05) is 31.8 Å². The van der Waals surface area contributed by atoms with E-state index in [-0.39, 0.29) is 12.1 Å². The molecule has 3 aliphatic rings. The van der Waals surface area contributed by atoms with Crippen LogP contribution in [0.5, 0.6) is 0 Å². The molecule has 0 aromatic carbocycles. The average Bonchev–Trinajstić information content (AvgIpc) is 2.80. The lowest BCUT2D eigenvalue weighted by Gasteiger charge is -2.37. The van der Waals surface area contributed by atoms with Gasteiger partial charge in [0.1, 0.15) is 18.3 Å². The van der Waals surface area contributed by atoms with Crippen LogP contribution in [0.3, 0.4) is 0 Å². The Hall–Kier alpha value is -0.610. The predicted molar refractivity (Wildman–Crippen MR) is 48.8 cm³/mol. The quantitative estimate of drug-likeness (QED) is 0.443.